The molecule has 0 amide bonds. The van der Waals surface area contributed by atoms with E-state index in [1.165, 1.54) is 0 Å². The fourth-order valence-electron chi connectivity index (χ4n) is 1.88. The summed E-state index contributed by atoms with van der Waals surface area (Å²) in [5, 5.41) is 10.8. The average Bonchev–Trinajstić information content (AvgIpc) is 2.46. The van der Waals surface area contributed by atoms with Crippen LogP contribution in [-0.2, 0) is 5.75 Å². The zero-order valence-electron chi connectivity index (χ0n) is 10.8. The van der Waals surface area contributed by atoms with Crippen LogP contribution in [-0.4, -0.2) is 5.11 Å². The molecule has 2 aromatic carbocycles. The van der Waals surface area contributed by atoms with Gasteiger partial charge in [-0.15, -0.1) is 11.8 Å². The Morgan fingerprint density at radius 1 is 1.11 bits per heavy atom. The summed E-state index contributed by atoms with van der Waals surface area (Å²) in [6, 6.07) is 15.9. The van der Waals surface area contributed by atoms with Crippen LogP contribution in [0.2, 0.25) is 5.02 Å². The molecule has 2 aromatic rings. The van der Waals surface area contributed by atoms with Crippen LogP contribution in [0.25, 0.3) is 0 Å². The highest BCUT2D eigenvalue weighted by Gasteiger charge is 2.10. The molecule has 0 fully saturated rings. The van der Waals surface area contributed by atoms with Crippen LogP contribution in [0.3, 0.4) is 0 Å². The van der Waals surface area contributed by atoms with E-state index in [4.69, 9.17) is 11.6 Å². The summed E-state index contributed by atoms with van der Waals surface area (Å²) in [5.74, 6) is 0.813. The molecule has 0 radical (unpaired) electrons. The molecule has 1 N–H and O–H groups in total. The summed E-state index contributed by atoms with van der Waals surface area (Å²) in [6.45, 7) is 1.99. The molecule has 1 unspecified atom stereocenters. The zero-order chi connectivity index (χ0) is 13.7. The van der Waals surface area contributed by atoms with Crippen LogP contribution >= 0.6 is 23.4 Å². The number of rotatable bonds is 5. The second-order valence-electron chi connectivity index (χ2n) is 4.34. The maximum Gasteiger partial charge on any atom is 0.0798 e. The van der Waals surface area contributed by atoms with Crippen molar-refractivity contribution in [1.29, 1.82) is 0 Å². The van der Waals surface area contributed by atoms with Crippen LogP contribution in [0.5, 0.6) is 0 Å². The third-order valence-electron chi connectivity index (χ3n) is 3.01. The predicted octanol–water partition coefficient (Wildman–Crippen LogP) is 5.08. The van der Waals surface area contributed by atoms with Crippen LogP contribution in [0, 0.1) is 0 Å². The van der Waals surface area contributed by atoms with Gasteiger partial charge in [0.1, 0.15) is 0 Å². The van der Waals surface area contributed by atoms with Gasteiger partial charge in [0, 0.05) is 15.7 Å². The van der Waals surface area contributed by atoms with Crippen LogP contribution in [0.15, 0.2) is 53.4 Å². The largest absolute Gasteiger partial charge is 0.388 e. The minimum Gasteiger partial charge on any atom is -0.388 e. The summed E-state index contributed by atoms with van der Waals surface area (Å²) in [5.41, 5.74) is 2.12. The van der Waals surface area contributed by atoms with Crippen molar-refractivity contribution in [2.45, 2.75) is 30.1 Å². The number of aliphatic hydroxyl groups is 1. The summed E-state index contributed by atoms with van der Waals surface area (Å²) in [7, 11) is 0. The highest BCUT2D eigenvalue weighted by atomic mass is 35.5. The topological polar surface area (TPSA) is 20.2 Å². The Labute approximate surface area is 123 Å². The second-order valence-corrected chi connectivity index (χ2v) is 5.77. The molecule has 0 heterocycles. The Morgan fingerprint density at radius 3 is 2.53 bits per heavy atom. The third kappa shape index (κ3) is 3.75. The first kappa shape index (κ1) is 14.4. The number of benzene rings is 2. The maximum absolute atomic E-state index is 10.0. The van der Waals surface area contributed by atoms with E-state index in [2.05, 4.69) is 6.07 Å². The fraction of sp³-hybridized carbons (Fsp3) is 0.250. The van der Waals surface area contributed by atoms with Gasteiger partial charge in [-0.3, -0.25) is 0 Å². The van der Waals surface area contributed by atoms with E-state index in [0.717, 1.165) is 33.2 Å². The van der Waals surface area contributed by atoms with Crippen molar-refractivity contribution in [3.63, 3.8) is 0 Å². The minimum absolute atomic E-state index is 0.394. The lowest BCUT2D eigenvalue weighted by molar-refractivity contribution is 0.171. The monoisotopic (exact) mass is 292 g/mol. The van der Waals surface area contributed by atoms with Crippen molar-refractivity contribution >= 4 is 23.4 Å². The molecule has 0 aliphatic rings. The van der Waals surface area contributed by atoms with Gasteiger partial charge in [-0.05, 0) is 29.7 Å². The number of halogens is 1. The Kier molecular flexibility index (Phi) is 5.32. The van der Waals surface area contributed by atoms with Gasteiger partial charge in [0.2, 0.25) is 0 Å². The van der Waals surface area contributed by atoms with Gasteiger partial charge in [0.05, 0.1) is 6.10 Å². The first-order chi connectivity index (χ1) is 9.22. The molecule has 0 saturated carbocycles. The highest BCUT2D eigenvalue weighted by molar-refractivity contribution is 7.98. The fourth-order valence-corrected chi connectivity index (χ4v) is 3.27. The summed E-state index contributed by atoms with van der Waals surface area (Å²) in [6.07, 6.45) is 0.332. The molecule has 0 aliphatic heterocycles. The SMILES string of the molecule is CCC(O)c1ccccc1SCc1ccccc1Cl. The zero-order valence-corrected chi connectivity index (χ0v) is 12.4. The van der Waals surface area contributed by atoms with Crippen molar-refractivity contribution in [2.24, 2.45) is 0 Å². The average molecular weight is 293 g/mol. The lowest BCUT2D eigenvalue weighted by atomic mass is 10.1. The van der Waals surface area contributed by atoms with Crippen molar-refractivity contribution in [1.82, 2.24) is 0 Å². The molecule has 0 spiro atoms. The first-order valence-corrected chi connectivity index (χ1v) is 7.72. The predicted molar refractivity (Wildman–Crippen MR) is 82.7 cm³/mol. The Balaban J connectivity index is 2.14. The van der Waals surface area contributed by atoms with Crippen molar-refractivity contribution in [2.75, 3.05) is 0 Å². The van der Waals surface area contributed by atoms with Gasteiger partial charge >= 0.3 is 0 Å². The van der Waals surface area contributed by atoms with Gasteiger partial charge in [-0.1, -0.05) is 54.9 Å². The molecule has 19 heavy (non-hydrogen) atoms. The Morgan fingerprint density at radius 2 is 1.79 bits per heavy atom. The summed E-state index contributed by atoms with van der Waals surface area (Å²) < 4.78 is 0. The van der Waals surface area contributed by atoms with E-state index in [-0.39, 0.29) is 0 Å². The van der Waals surface area contributed by atoms with Crippen molar-refractivity contribution in [3.05, 3.63) is 64.7 Å². The van der Waals surface area contributed by atoms with Gasteiger partial charge in [-0.25, -0.2) is 0 Å². The maximum atomic E-state index is 10.0. The molecule has 2 rings (SSSR count). The third-order valence-corrected chi connectivity index (χ3v) is 4.51. The molecule has 100 valence electrons. The number of hydrogen-bond donors (Lipinski definition) is 1. The van der Waals surface area contributed by atoms with Gasteiger partial charge in [0.15, 0.2) is 0 Å². The van der Waals surface area contributed by atoms with Crippen LogP contribution in [0.4, 0.5) is 0 Å². The van der Waals surface area contributed by atoms with E-state index in [1.807, 2.05) is 49.4 Å². The summed E-state index contributed by atoms with van der Waals surface area (Å²) >= 11 is 7.87. The van der Waals surface area contributed by atoms with Crippen molar-refractivity contribution in [3.8, 4) is 0 Å². The minimum atomic E-state index is -0.394. The smallest absolute Gasteiger partial charge is 0.0798 e. The second kappa shape index (κ2) is 6.99. The molecule has 0 aliphatic carbocycles. The van der Waals surface area contributed by atoms with Crippen molar-refractivity contribution < 1.29 is 5.11 Å². The molecular formula is C16H17ClOS. The first-order valence-electron chi connectivity index (χ1n) is 6.35. The number of thioether (sulfide) groups is 1. The Hall–Kier alpha value is -0.960. The van der Waals surface area contributed by atoms with E-state index >= 15 is 0 Å². The molecule has 1 atom stereocenters. The van der Waals surface area contributed by atoms with Gasteiger partial charge in [-0.2, -0.15) is 0 Å². The Bertz CT molecular complexity index is 542. The standard InChI is InChI=1S/C16H17ClOS/c1-2-15(18)13-8-4-6-10-16(13)19-11-12-7-3-5-9-14(12)17/h3-10,15,18H,2,11H2,1H3. The quantitative estimate of drug-likeness (QED) is 0.776. The summed E-state index contributed by atoms with van der Waals surface area (Å²) in [4.78, 5) is 1.12. The van der Waals surface area contributed by atoms with E-state index in [0.29, 0.717) is 0 Å². The molecule has 0 saturated heterocycles. The molecule has 0 aromatic heterocycles. The molecule has 3 heteroatoms. The van der Waals surface area contributed by atoms with E-state index in [1.54, 1.807) is 11.8 Å². The van der Waals surface area contributed by atoms with Gasteiger partial charge < -0.3 is 5.11 Å². The van der Waals surface area contributed by atoms with Gasteiger partial charge in [0.25, 0.3) is 0 Å². The normalized spacial score (nSPS) is 12.4. The number of hydrogen-bond acceptors (Lipinski definition) is 2. The van der Waals surface area contributed by atoms with Crippen LogP contribution in [0.1, 0.15) is 30.6 Å². The lowest BCUT2D eigenvalue weighted by Crippen LogP contribution is -1.97. The van der Waals surface area contributed by atoms with Crippen LogP contribution < -0.4 is 0 Å². The molecular weight excluding hydrogens is 276 g/mol. The lowest BCUT2D eigenvalue weighted by Gasteiger charge is -2.13. The molecule has 0 bridgehead atoms. The highest BCUT2D eigenvalue weighted by Crippen LogP contribution is 2.32. The number of aliphatic hydroxyl groups excluding tert-OH is 1. The van der Waals surface area contributed by atoms with E-state index in [9.17, 15) is 5.11 Å². The van der Waals surface area contributed by atoms with E-state index < -0.39 is 6.10 Å². The molecule has 1 nitrogen and oxygen atoms in total.